The summed E-state index contributed by atoms with van der Waals surface area (Å²) in [6.07, 6.45) is 5.15. The van der Waals surface area contributed by atoms with E-state index in [1.807, 2.05) is 30.3 Å². The van der Waals surface area contributed by atoms with Crippen LogP contribution in [0.15, 0.2) is 39.9 Å². The lowest BCUT2D eigenvalue weighted by molar-refractivity contribution is 0.739. The lowest BCUT2D eigenvalue weighted by atomic mass is 10.2. The van der Waals surface area contributed by atoms with Gasteiger partial charge < -0.3 is 4.98 Å². The van der Waals surface area contributed by atoms with E-state index in [2.05, 4.69) is 20.9 Å². The van der Waals surface area contributed by atoms with Crippen LogP contribution in [0.25, 0.3) is 22.6 Å². The van der Waals surface area contributed by atoms with Crippen LogP contribution in [0, 0.1) is 12.3 Å². The fourth-order valence-electron chi connectivity index (χ4n) is 1.98. The topological polar surface area (TPSA) is 83.5 Å². The number of hydrogen-bond donors (Lipinski definition) is 2. The highest BCUT2D eigenvalue weighted by Gasteiger charge is 2.12. The summed E-state index contributed by atoms with van der Waals surface area (Å²) in [6, 6.07) is 9.32. The maximum atomic E-state index is 12.2. The third kappa shape index (κ3) is 1.82. The number of benzene rings is 1. The molecule has 0 bridgehead atoms. The number of aromatic amines is 2. The summed E-state index contributed by atoms with van der Waals surface area (Å²) in [5, 5.41) is 0. The van der Waals surface area contributed by atoms with Crippen molar-refractivity contribution in [3.8, 4) is 23.7 Å². The van der Waals surface area contributed by atoms with Gasteiger partial charge in [-0.3, -0.25) is 9.78 Å². The number of rotatable bonds is 2. The molecular weight excluding hydrogens is 256 g/mol. The second kappa shape index (κ2) is 4.55. The molecule has 3 aromatic rings. The molecule has 0 spiro atoms. The molecule has 6 nitrogen and oxygen atoms in total. The number of terminal acetylenes is 1. The van der Waals surface area contributed by atoms with E-state index in [9.17, 15) is 9.59 Å². The van der Waals surface area contributed by atoms with Gasteiger partial charge in [-0.2, -0.15) is 0 Å². The van der Waals surface area contributed by atoms with Crippen molar-refractivity contribution in [3.05, 3.63) is 51.2 Å². The highest BCUT2D eigenvalue weighted by molar-refractivity contribution is 5.74. The number of fused-ring (bicyclic) bond motifs is 1. The fourth-order valence-corrected chi connectivity index (χ4v) is 1.98. The van der Waals surface area contributed by atoms with Crippen LogP contribution in [0.5, 0.6) is 0 Å². The predicted molar refractivity (Wildman–Crippen MR) is 75.2 cm³/mol. The third-order valence-corrected chi connectivity index (χ3v) is 2.93. The smallest absolute Gasteiger partial charge is 0.330 e. The average Bonchev–Trinajstić information content (AvgIpc) is 2.88. The molecule has 0 fully saturated rings. The maximum Gasteiger partial charge on any atom is 0.330 e. The van der Waals surface area contributed by atoms with Crippen molar-refractivity contribution < 1.29 is 0 Å². The van der Waals surface area contributed by atoms with Gasteiger partial charge in [0.25, 0.3) is 5.56 Å². The van der Waals surface area contributed by atoms with E-state index in [1.165, 1.54) is 0 Å². The summed E-state index contributed by atoms with van der Waals surface area (Å²) in [5.74, 6) is 2.80. The zero-order valence-electron chi connectivity index (χ0n) is 10.4. The van der Waals surface area contributed by atoms with Gasteiger partial charge in [0.1, 0.15) is 11.3 Å². The van der Waals surface area contributed by atoms with Gasteiger partial charge in [0.05, 0.1) is 6.54 Å². The van der Waals surface area contributed by atoms with Crippen LogP contribution in [0.4, 0.5) is 0 Å². The summed E-state index contributed by atoms with van der Waals surface area (Å²) < 4.78 is 0.954. The van der Waals surface area contributed by atoms with E-state index in [0.29, 0.717) is 5.82 Å². The van der Waals surface area contributed by atoms with Gasteiger partial charge >= 0.3 is 5.69 Å². The van der Waals surface area contributed by atoms with Gasteiger partial charge in [-0.15, -0.1) is 6.42 Å². The standard InChI is InChI=1S/C14H10N4O2/c1-2-8-18-13(19)10-12(17-14(18)20)16-11(15-10)9-6-4-3-5-7-9/h1,3-7H,8H2,(H,15,16)(H,17,20). The first-order valence-electron chi connectivity index (χ1n) is 5.92. The van der Waals surface area contributed by atoms with E-state index >= 15 is 0 Å². The molecule has 2 heterocycles. The second-order valence-electron chi connectivity index (χ2n) is 4.20. The fraction of sp³-hybridized carbons (Fsp3) is 0.0714. The van der Waals surface area contributed by atoms with Crippen molar-refractivity contribution in [1.29, 1.82) is 0 Å². The molecule has 0 aliphatic rings. The van der Waals surface area contributed by atoms with Crippen molar-refractivity contribution in [3.63, 3.8) is 0 Å². The van der Waals surface area contributed by atoms with Crippen LogP contribution in [0.3, 0.4) is 0 Å². The van der Waals surface area contributed by atoms with E-state index in [0.717, 1.165) is 10.1 Å². The number of hydrogen-bond acceptors (Lipinski definition) is 3. The quantitative estimate of drug-likeness (QED) is 0.670. The monoisotopic (exact) mass is 266 g/mol. The van der Waals surface area contributed by atoms with Crippen molar-refractivity contribution in [2.24, 2.45) is 0 Å². The van der Waals surface area contributed by atoms with E-state index < -0.39 is 11.2 Å². The van der Waals surface area contributed by atoms with Crippen molar-refractivity contribution in [2.75, 3.05) is 0 Å². The SMILES string of the molecule is C#CCn1c(=O)[nH]c2nc(-c3ccccc3)[nH]c2c1=O. The summed E-state index contributed by atoms with van der Waals surface area (Å²) in [7, 11) is 0. The molecule has 0 aliphatic heterocycles. The molecule has 0 aliphatic carbocycles. The summed E-state index contributed by atoms with van der Waals surface area (Å²) >= 11 is 0. The Bertz CT molecular complexity index is 926. The Kier molecular flexibility index (Phi) is 2.73. The van der Waals surface area contributed by atoms with Crippen molar-refractivity contribution in [1.82, 2.24) is 19.5 Å². The van der Waals surface area contributed by atoms with Crippen LogP contribution < -0.4 is 11.2 Å². The largest absolute Gasteiger partial charge is 0.332 e. The number of imidazole rings is 1. The van der Waals surface area contributed by atoms with Crippen LogP contribution in [0.1, 0.15) is 0 Å². The van der Waals surface area contributed by atoms with E-state index in [-0.39, 0.29) is 17.7 Å². The molecular formula is C14H10N4O2. The van der Waals surface area contributed by atoms with Crippen LogP contribution in [0.2, 0.25) is 0 Å². The Morgan fingerprint density at radius 3 is 2.65 bits per heavy atom. The molecule has 20 heavy (non-hydrogen) atoms. The highest BCUT2D eigenvalue weighted by atomic mass is 16.2. The molecule has 0 atom stereocenters. The van der Waals surface area contributed by atoms with Crippen LogP contribution in [-0.2, 0) is 6.54 Å². The van der Waals surface area contributed by atoms with Gasteiger partial charge in [-0.25, -0.2) is 14.3 Å². The molecule has 1 aromatic carbocycles. The zero-order valence-corrected chi connectivity index (χ0v) is 10.4. The van der Waals surface area contributed by atoms with E-state index in [1.54, 1.807) is 0 Å². The first kappa shape index (κ1) is 12.0. The zero-order chi connectivity index (χ0) is 14.1. The van der Waals surface area contributed by atoms with E-state index in [4.69, 9.17) is 6.42 Å². The maximum absolute atomic E-state index is 12.2. The average molecular weight is 266 g/mol. The minimum Gasteiger partial charge on any atom is -0.332 e. The molecule has 2 aromatic heterocycles. The Hall–Kier alpha value is -3.07. The summed E-state index contributed by atoms with van der Waals surface area (Å²) in [4.78, 5) is 33.6. The molecule has 0 radical (unpaired) electrons. The molecule has 6 heteroatoms. The lowest BCUT2D eigenvalue weighted by Crippen LogP contribution is -2.34. The number of nitrogens with one attached hydrogen (secondary N) is 2. The molecule has 0 unspecified atom stereocenters. The molecule has 98 valence electrons. The number of H-pyrrole nitrogens is 2. The minimum absolute atomic E-state index is 0.0796. The van der Waals surface area contributed by atoms with Gasteiger partial charge in [0, 0.05) is 5.56 Å². The first-order valence-corrected chi connectivity index (χ1v) is 5.92. The van der Waals surface area contributed by atoms with Gasteiger partial charge in [-0.05, 0) is 0 Å². The normalized spacial score (nSPS) is 10.6. The Labute approximate surface area is 113 Å². The number of nitrogens with zero attached hydrogens (tertiary/aromatic N) is 2. The summed E-state index contributed by atoms with van der Waals surface area (Å²) in [5.41, 5.74) is 0.251. The molecule has 2 N–H and O–H groups in total. The van der Waals surface area contributed by atoms with Gasteiger partial charge in [0.2, 0.25) is 0 Å². The van der Waals surface area contributed by atoms with Crippen LogP contribution in [-0.4, -0.2) is 19.5 Å². The first-order chi connectivity index (χ1) is 9.70. The van der Waals surface area contributed by atoms with Crippen molar-refractivity contribution in [2.45, 2.75) is 6.54 Å². The molecule has 0 saturated carbocycles. The second-order valence-corrected chi connectivity index (χ2v) is 4.20. The Morgan fingerprint density at radius 1 is 1.20 bits per heavy atom. The van der Waals surface area contributed by atoms with Gasteiger partial charge in [-0.1, -0.05) is 36.3 Å². The highest BCUT2D eigenvalue weighted by Crippen LogP contribution is 2.16. The Balaban J connectivity index is 2.28. The predicted octanol–water partition coefficient (Wildman–Crippen LogP) is 0.713. The van der Waals surface area contributed by atoms with Crippen molar-refractivity contribution >= 4 is 11.2 Å². The molecule has 0 saturated heterocycles. The lowest BCUT2D eigenvalue weighted by Gasteiger charge is -1.97. The Morgan fingerprint density at radius 2 is 1.95 bits per heavy atom. The summed E-state index contributed by atoms with van der Waals surface area (Å²) in [6.45, 7) is -0.0796. The van der Waals surface area contributed by atoms with Crippen LogP contribution >= 0.6 is 0 Å². The molecule has 0 amide bonds. The molecule has 3 rings (SSSR count). The minimum atomic E-state index is -0.563. The number of aromatic nitrogens is 4. The third-order valence-electron chi connectivity index (χ3n) is 2.93. The van der Waals surface area contributed by atoms with Gasteiger partial charge in [0.15, 0.2) is 5.65 Å².